The number of hydrogen-bond donors (Lipinski definition) is 2. The van der Waals surface area contributed by atoms with E-state index in [4.69, 9.17) is 5.73 Å². The van der Waals surface area contributed by atoms with Crippen LogP contribution < -0.4 is 11.1 Å². The Morgan fingerprint density at radius 1 is 1.45 bits per heavy atom. The molecule has 1 saturated heterocycles. The minimum atomic E-state index is -0.191. The Morgan fingerprint density at radius 3 is 3.00 bits per heavy atom. The first-order chi connectivity index (χ1) is 9.66. The standard InChI is InChI=1S/C14H23N5O/c1-11-5-2-3-9-19(11)10-4-8-16-14(20)12-6-7-13(15)18-17-12/h6-7,11H,2-5,8-10H2,1H3,(H2,15,18)(H,16,20). The lowest BCUT2D eigenvalue weighted by atomic mass is 10.0. The lowest BCUT2D eigenvalue weighted by Gasteiger charge is -2.33. The zero-order chi connectivity index (χ0) is 14.4. The Balaban J connectivity index is 1.67. The number of nitrogens with two attached hydrogens (primary N) is 1. The smallest absolute Gasteiger partial charge is 0.271 e. The molecule has 2 heterocycles. The second-order valence-corrected chi connectivity index (χ2v) is 5.33. The number of piperidine rings is 1. The first-order valence-corrected chi connectivity index (χ1v) is 7.28. The van der Waals surface area contributed by atoms with E-state index < -0.39 is 0 Å². The van der Waals surface area contributed by atoms with Gasteiger partial charge in [-0.1, -0.05) is 6.42 Å². The van der Waals surface area contributed by atoms with Gasteiger partial charge in [-0.25, -0.2) is 0 Å². The van der Waals surface area contributed by atoms with Crippen LogP contribution in [0, 0.1) is 0 Å². The summed E-state index contributed by atoms with van der Waals surface area (Å²) in [7, 11) is 0. The van der Waals surface area contributed by atoms with Crippen molar-refractivity contribution in [2.75, 3.05) is 25.4 Å². The summed E-state index contributed by atoms with van der Waals surface area (Å²) in [6.45, 7) is 5.16. The molecule has 0 spiro atoms. The molecule has 3 N–H and O–H groups in total. The molecule has 110 valence electrons. The van der Waals surface area contributed by atoms with Gasteiger partial charge in [0.05, 0.1) is 0 Å². The molecule has 0 aromatic carbocycles. The molecule has 1 unspecified atom stereocenters. The Labute approximate surface area is 119 Å². The van der Waals surface area contributed by atoms with E-state index in [0.717, 1.165) is 13.0 Å². The van der Waals surface area contributed by atoms with Crippen LogP contribution >= 0.6 is 0 Å². The van der Waals surface area contributed by atoms with Crippen LogP contribution in [0.2, 0.25) is 0 Å². The monoisotopic (exact) mass is 277 g/mol. The number of rotatable bonds is 5. The van der Waals surface area contributed by atoms with Gasteiger partial charge in [-0.05, 0) is 44.9 Å². The third kappa shape index (κ3) is 4.16. The molecule has 0 saturated carbocycles. The van der Waals surface area contributed by atoms with Crippen LogP contribution in [0.5, 0.6) is 0 Å². The Hall–Kier alpha value is -1.69. The van der Waals surface area contributed by atoms with Crippen LogP contribution in [0.4, 0.5) is 5.82 Å². The molecule has 20 heavy (non-hydrogen) atoms. The fourth-order valence-corrected chi connectivity index (χ4v) is 2.53. The number of aromatic nitrogens is 2. The van der Waals surface area contributed by atoms with Crippen molar-refractivity contribution in [1.29, 1.82) is 0 Å². The summed E-state index contributed by atoms with van der Waals surface area (Å²) in [5, 5.41) is 10.3. The third-order valence-corrected chi connectivity index (χ3v) is 3.77. The SMILES string of the molecule is CC1CCCCN1CCCNC(=O)c1ccc(N)nn1. The van der Waals surface area contributed by atoms with Crippen molar-refractivity contribution in [3.05, 3.63) is 17.8 Å². The van der Waals surface area contributed by atoms with Crippen molar-refractivity contribution in [2.45, 2.75) is 38.6 Å². The van der Waals surface area contributed by atoms with E-state index >= 15 is 0 Å². The normalized spacial score (nSPS) is 19.8. The summed E-state index contributed by atoms with van der Waals surface area (Å²) in [6.07, 6.45) is 4.87. The highest BCUT2D eigenvalue weighted by Gasteiger charge is 2.17. The van der Waals surface area contributed by atoms with Gasteiger partial charge in [0.15, 0.2) is 5.69 Å². The average molecular weight is 277 g/mol. The van der Waals surface area contributed by atoms with Crippen LogP contribution in [0.25, 0.3) is 0 Å². The number of nitrogen functional groups attached to an aromatic ring is 1. The van der Waals surface area contributed by atoms with Crippen LogP contribution in [0.1, 0.15) is 43.1 Å². The summed E-state index contributed by atoms with van der Waals surface area (Å²) in [4.78, 5) is 14.3. The number of carbonyl (C=O) groups is 1. The molecule has 6 nitrogen and oxygen atoms in total. The van der Waals surface area contributed by atoms with Crippen LogP contribution in [0.3, 0.4) is 0 Å². The van der Waals surface area contributed by atoms with Crippen LogP contribution in [-0.4, -0.2) is 46.7 Å². The van der Waals surface area contributed by atoms with Gasteiger partial charge in [-0.3, -0.25) is 4.79 Å². The fourth-order valence-electron chi connectivity index (χ4n) is 2.53. The van der Waals surface area contributed by atoms with Gasteiger partial charge in [0.1, 0.15) is 5.82 Å². The maximum absolute atomic E-state index is 11.8. The van der Waals surface area contributed by atoms with E-state index in [2.05, 4.69) is 27.3 Å². The summed E-state index contributed by atoms with van der Waals surface area (Å²) in [5.41, 5.74) is 5.74. The van der Waals surface area contributed by atoms with Crippen molar-refractivity contribution in [1.82, 2.24) is 20.4 Å². The molecular formula is C14H23N5O. The first-order valence-electron chi connectivity index (χ1n) is 7.28. The molecule has 1 fully saturated rings. The molecule has 1 aliphatic rings. The molecule has 1 atom stereocenters. The van der Waals surface area contributed by atoms with Gasteiger partial charge < -0.3 is 16.0 Å². The Kier molecular flexibility index (Phi) is 5.29. The summed E-state index contributed by atoms with van der Waals surface area (Å²) in [6, 6.07) is 3.84. The van der Waals surface area contributed by atoms with Crippen molar-refractivity contribution in [3.63, 3.8) is 0 Å². The van der Waals surface area contributed by atoms with Crippen molar-refractivity contribution >= 4 is 11.7 Å². The minimum Gasteiger partial charge on any atom is -0.382 e. The maximum Gasteiger partial charge on any atom is 0.271 e. The molecule has 6 heteroatoms. The van der Waals surface area contributed by atoms with E-state index in [1.54, 1.807) is 12.1 Å². The van der Waals surface area contributed by atoms with E-state index in [-0.39, 0.29) is 5.91 Å². The summed E-state index contributed by atoms with van der Waals surface area (Å²) < 4.78 is 0. The lowest BCUT2D eigenvalue weighted by molar-refractivity contribution is 0.0943. The van der Waals surface area contributed by atoms with Gasteiger partial charge in [0, 0.05) is 19.1 Å². The number of amides is 1. The predicted molar refractivity (Wildman–Crippen MR) is 78.3 cm³/mol. The van der Waals surface area contributed by atoms with Crippen LogP contribution in [-0.2, 0) is 0 Å². The Morgan fingerprint density at radius 2 is 2.30 bits per heavy atom. The number of anilines is 1. The molecule has 2 rings (SSSR count). The highest BCUT2D eigenvalue weighted by Crippen LogP contribution is 2.16. The molecule has 1 aliphatic heterocycles. The van der Waals surface area contributed by atoms with Gasteiger partial charge in [0.25, 0.3) is 5.91 Å². The molecule has 1 aromatic heterocycles. The summed E-state index contributed by atoms with van der Waals surface area (Å²) in [5.74, 6) is 0.129. The molecule has 1 amide bonds. The van der Waals surface area contributed by atoms with E-state index in [9.17, 15) is 4.79 Å². The summed E-state index contributed by atoms with van der Waals surface area (Å²) >= 11 is 0. The molecule has 0 bridgehead atoms. The first kappa shape index (κ1) is 14.7. The maximum atomic E-state index is 11.8. The zero-order valence-corrected chi connectivity index (χ0v) is 12.0. The number of likely N-dealkylation sites (tertiary alicyclic amines) is 1. The van der Waals surface area contributed by atoms with E-state index in [1.807, 2.05) is 0 Å². The van der Waals surface area contributed by atoms with Gasteiger partial charge >= 0.3 is 0 Å². The van der Waals surface area contributed by atoms with Gasteiger partial charge in [-0.15, -0.1) is 10.2 Å². The van der Waals surface area contributed by atoms with E-state index in [1.165, 1.54) is 25.8 Å². The number of nitrogens with zero attached hydrogens (tertiary/aromatic N) is 3. The average Bonchev–Trinajstić information content (AvgIpc) is 2.46. The van der Waals surface area contributed by atoms with Crippen molar-refractivity contribution < 1.29 is 4.79 Å². The fraction of sp³-hybridized carbons (Fsp3) is 0.643. The molecule has 0 aliphatic carbocycles. The molecule has 0 radical (unpaired) electrons. The quantitative estimate of drug-likeness (QED) is 0.786. The second-order valence-electron chi connectivity index (χ2n) is 5.33. The van der Waals surface area contributed by atoms with Crippen molar-refractivity contribution in [3.8, 4) is 0 Å². The topological polar surface area (TPSA) is 84.1 Å². The molecular weight excluding hydrogens is 254 g/mol. The highest BCUT2D eigenvalue weighted by atomic mass is 16.1. The predicted octanol–water partition coefficient (Wildman–Crippen LogP) is 1.05. The lowest BCUT2D eigenvalue weighted by Crippen LogP contribution is -2.39. The highest BCUT2D eigenvalue weighted by molar-refractivity contribution is 5.92. The number of hydrogen-bond acceptors (Lipinski definition) is 5. The van der Waals surface area contributed by atoms with Gasteiger partial charge in [0.2, 0.25) is 0 Å². The molecule has 1 aromatic rings. The number of nitrogens with one attached hydrogen (secondary N) is 1. The van der Waals surface area contributed by atoms with Crippen molar-refractivity contribution in [2.24, 2.45) is 0 Å². The second kappa shape index (κ2) is 7.19. The van der Waals surface area contributed by atoms with Crippen LogP contribution in [0.15, 0.2) is 12.1 Å². The zero-order valence-electron chi connectivity index (χ0n) is 12.0. The van der Waals surface area contributed by atoms with E-state index in [0.29, 0.717) is 24.1 Å². The Bertz CT molecular complexity index is 434. The number of carbonyl (C=O) groups excluding carboxylic acids is 1. The largest absolute Gasteiger partial charge is 0.382 e. The van der Waals surface area contributed by atoms with Gasteiger partial charge in [-0.2, -0.15) is 0 Å². The third-order valence-electron chi connectivity index (χ3n) is 3.77. The minimum absolute atomic E-state index is 0.191.